The van der Waals surface area contributed by atoms with E-state index >= 15 is 0 Å². The van der Waals surface area contributed by atoms with E-state index in [9.17, 15) is 0 Å². The summed E-state index contributed by atoms with van der Waals surface area (Å²) in [6.07, 6.45) is 5.92. The third kappa shape index (κ3) is 1.63. The predicted molar refractivity (Wildman–Crippen MR) is 56.4 cm³/mol. The van der Waals surface area contributed by atoms with E-state index in [2.05, 4.69) is 29.2 Å². The lowest BCUT2D eigenvalue weighted by molar-refractivity contribution is 1.26. The summed E-state index contributed by atoms with van der Waals surface area (Å²) in [5.74, 6) is 0. The SMILES string of the molecule is NCC=Cc1ccc2cc[nH]c2c1. The standard InChI is InChI=1S/C11H12N2/c12-6-1-2-9-3-4-10-5-7-13-11(10)8-9/h1-5,7-8,13H,6,12H2. The Kier molecular flexibility index (Phi) is 2.15. The topological polar surface area (TPSA) is 41.8 Å². The van der Waals surface area contributed by atoms with E-state index in [1.807, 2.05) is 18.3 Å². The van der Waals surface area contributed by atoms with Gasteiger partial charge in [-0.05, 0) is 23.1 Å². The Morgan fingerprint density at radius 2 is 2.23 bits per heavy atom. The summed E-state index contributed by atoms with van der Waals surface area (Å²) in [7, 11) is 0. The number of aromatic amines is 1. The fourth-order valence-electron chi connectivity index (χ4n) is 1.37. The zero-order chi connectivity index (χ0) is 9.10. The maximum atomic E-state index is 5.37. The van der Waals surface area contributed by atoms with Crippen molar-refractivity contribution in [3.63, 3.8) is 0 Å². The van der Waals surface area contributed by atoms with E-state index < -0.39 is 0 Å². The molecule has 1 aromatic carbocycles. The molecule has 0 aliphatic heterocycles. The second-order valence-corrected chi connectivity index (χ2v) is 2.96. The van der Waals surface area contributed by atoms with Gasteiger partial charge in [0.1, 0.15) is 0 Å². The van der Waals surface area contributed by atoms with Crippen LogP contribution in [0.2, 0.25) is 0 Å². The zero-order valence-electron chi connectivity index (χ0n) is 7.33. The first kappa shape index (κ1) is 8.08. The van der Waals surface area contributed by atoms with Crippen LogP contribution in [0, 0.1) is 0 Å². The zero-order valence-corrected chi connectivity index (χ0v) is 7.33. The first-order chi connectivity index (χ1) is 6.40. The molecule has 2 heteroatoms. The van der Waals surface area contributed by atoms with Crippen LogP contribution in [0.25, 0.3) is 17.0 Å². The highest BCUT2D eigenvalue weighted by molar-refractivity contribution is 5.81. The van der Waals surface area contributed by atoms with Crippen LogP contribution in [0.1, 0.15) is 5.56 Å². The molecule has 0 aliphatic rings. The lowest BCUT2D eigenvalue weighted by atomic mass is 10.1. The normalized spacial score (nSPS) is 11.5. The minimum Gasteiger partial charge on any atom is -0.361 e. The van der Waals surface area contributed by atoms with Gasteiger partial charge < -0.3 is 10.7 Å². The van der Waals surface area contributed by atoms with Crippen LogP contribution in [-0.4, -0.2) is 11.5 Å². The molecule has 66 valence electrons. The Balaban J connectivity index is 2.42. The van der Waals surface area contributed by atoms with Crippen LogP contribution in [0.4, 0.5) is 0 Å². The largest absolute Gasteiger partial charge is 0.361 e. The smallest absolute Gasteiger partial charge is 0.0459 e. The average molecular weight is 172 g/mol. The fourth-order valence-corrected chi connectivity index (χ4v) is 1.37. The molecule has 1 heterocycles. The highest BCUT2D eigenvalue weighted by Crippen LogP contribution is 2.14. The molecule has 2 nitrogen and oxygen atoms in total. The van der Waals surface area contributed by atoms with Crippen molar-refractivity contribution in [1.29, 1.82) is 0 Å². The van der Waals surface area contributed by atoms with Gasteiger partial charge in [0.05, 0.1) is 0 Å². The first-order valence-corrected chi connectivity index (χ1v) is 4.34. The molecule has 1 aromatic heterocycles. The molecular weight excluding hydrogens is 160 g/mol. The van der Waals surface area contributed by atoms with Gasteiger partial charge in [-0.15, -0.1) is 0 Å². The van der Waals surface area contributed by atoms with E-state index in [4.69, 9.17) is 5.73 Å². The van der Waals surface area contributed by atoms with E-state index in [1.165, 1.54) is 16.5 Å². The van der Waals surface area contributed by atoms with E-state index in [1.54, 1.807) is 0 Å². The van der Waals surface area contributed by atoms with Gasteiger partial charge in [-0.2, -0.15) is 0 Å². The Labute approximate surface area is 77.1 Å². The first-order valence-electron chi connectivity index (χ1n) is 4.34. The molecule has 3 N–H and O–H groups in total. The average Bonchev–Trinajstić information content (AvgIpc) is 2.61. The second kappa shape index (κ2) is 3.46. The highest BCUT2D eigenvalue weighted by atomic mass is 14.7. The highest BCUT2D eigenvalue weighted by Gasteiger charge is 1.93. The molecule has 0 saturated heterocycles. The van der Waals surface area contributed by atoms with Crippen LogP contribution in [0.5, 0.6) is 0 Å². The maximum Gasteiger partial charge on any atom is 0.0459 e. The van der Waals surface area contributed by atoms with Crippen LogP contribution >= 0.6 is 0 Å². The number of hydrogen-bond acceptors (Lipinski definition) is 1. The van der Waals surface area contributed by atoms with Crippen molar-refractivity contribution < 1.29 is 0 Å². The number of nitrogens with two attached hydrogens (primary N) is 1. The number of H-pyrrole nitrogens is 1. The summed E-state index contributed by atoms with van der Waals surface area (Å²) >= 11 is 0. The summed E-state index contributed by atoms with van der Waals surface area (Å²) in [5, 5.41) is 1.24. The third-order valence-corrected chi connectivity index (χ3v) is 2.03. The Morgan fingerprint density at radius 3 is 3.08 bits per heavy atom. The molecule has 0 amide bonds. The van der Waals surface area contributed by atoms with Crippen molar-refractivity contribution in [2.45, 2.75) is 0 Å². The van der Waals surface area contributed by atoms with E-state index in [-0.39, 0.29) is 0 Å². The van der Waals surface area contributed by atoms with Gasteiger partial charge in [0.2, 0.25) is 0 Å². The number of nitrogens with one attached hydrogen (secondary N) is 1. The molecule has 0 radical (unpaired) electrons. The molecule has 0 aliphatic carbocycles. The molecule has 0 unspecified atom stereocenters. The molecule has 2 aromatic rings. The minimum atomic E-state index is 0.586. The lowest BCUT2D eigenvalue weighted by Crippen LogP contribution is -1.91. The number of rotatable bonds is 2. The molecule has 0 saturated carbocycles. The monoisotopic (exact) mass is 172 g/mol. The van der Waals surface area contributed by atoms with Gasteiger partial charge in [0.25, 0.3) is 0 Å². The molecule has 0 atom stereocenters. The predicted octanol–water partition coefficient (Wildman–Crippen LogP) is 2.14. The van der Waals surface area contributed by atoms with Gasteiger partial charge in [0.15, 0.2) is 0 Å². The molecular formula is C11H12N2. The van der Waals surface area contributed by atoms with Gasteiger partial charge in [0, 0.05) is 18.3 Å². The van der Waals surface area contributed by atoms with Crippen molar-refractivity contribution in [3.8, 4) is 0 Å². The van der Waals surface area contributed by atoms with Crippen molar-refractivity contribution in [1.82, 2.24) is 4.98 Å². The number of benzene rings is 1. The van der Waals surface area contributed by atoms with Gasteiger partial charge >= 0.3 is 0 Å². The number of fused-ring (bicyclic) bond motifs is 1. The van der Waals surface area contributed by atoms with Crippen molar-refractivity contribution in [3.05, 3.63) is 42.1 Å². The van der Waals surface area contributed by atoms with Crippen LogP contribution in [0.15, 0.2) is 36.5 Å². The summed E-state index contributed by atoms with van der Waals surface area (Å²) in [6, 6.07) is 8.36. The van der Waals surface area contributed by atoms with Gasteiger partial charge in [-0.25, -0.2) is 0 Å². The van der Waals surface area contributed by atoms with Crippen LogP contribution in [0.3, 0.4) is 0 Å². The summed E-state index contributed by atoms with van der Waals surface area (Å²) in [4.78, 5) is 3.17. The second-order valence-electron chi connectivity index (χ2n) is 2.96. The van der Waals surface area contributed by atoms with Gasteiger partial charge in [-0.3, -0.25) is 0 Å². The van der Waals surface area contributed by atoms with Crippen LogP contribution in [-0.2, 0) is 0 Å². The summed E-state index contributed by atoms with van der Waals surface area (Å²) in [5.41, 5.74) is 7.72. The summed E-state index contributed by atoms with van der Waals surface area (Å²) in [6.45, 7) is 0.586. The molecule has 0 fully saturated rings. The number of hydrogen-bond donors (Lipinski definition) is 2. The van der Waals surface area contributed by atoms with Crippen molar-refractivity contribution >= 4 is 17.0 Å². The molecule has 2 rings (SSSR count). The molecule has 13 heavy (non-hydrogen) atoms. The molecule has 0 bridgehead atoms. The number of aromatic nitrogens is 1. The van der Waals surface area contributed by atoms with Gasteiger partial charge in [-0.1, -0.05) is 24.3 Å². The van der Waals surface area contributed by atoms with Crippen molar-refractivity contribution in [2.75, 3.05) is 6.54 Å². The van der Waals surface area contributed by atoms with Crippen LogP contribution < -0.4 is 5.73 Å². The maximum absolute atomic E-state index is 5.37. The van der Waals surface area contributed by atoms with E-state index in [0.29, 0.717) is 6.54 Å². The quantitative estimate of drug-likeness (QED) is 0.716. The third-order valence-electron chi connectivity index (χ3n) is 2.03. The Hall–Kier alpha value is -1.54. The Bertz CT molecular complexity index is 426. The minimum absolute atomic E-state index is 0.586. The fraction of sp³-hybridized carbons (Fsp3) is 0.0909. The van der Waals surface area contributed by atoms with E-state index in [0.717, 1.165) is 0 Å². The lowest BCUT2D eigenvalue weighted by Gasteiger charge is -1.93. The van der Waals surface area contributed by atoms with Crippen molar-refractivity contribution in [2.24, 2.45) is 5.73 Å². The Morgan fingerprint density at radius 1 is 1.31 bits per heavy atom. The summed E-state index contributed by atoms with van der Waals surface area (Å²) < 4.78 is 0. The molecule has 0 spiro atoms.